The predicted molar refractivity (Wildman–Crippen MR) is 65.0 cm³/mol. The second-order valence-electron chi connectivity index (χ2n) is 4.83. The van der Waals surface area contributed by atoms with Gasteiger partial charge in [0.1, 0.15) is 0 Å². The Morgan fingerprint density at radius 3 is 2.88 bits per heavy atom. The first-order valence-corrected chi connectivity index (χ1v) is 6.29. The number of ether oxygens (including phenoxy) is 1. The summed E-state index contributed by atoms with van der Waals surface area (Å²) in [5.41, 5.74) is 0. The van der Waals surface area contributed by atoms with Gasteiger partial charge in [0.2, 0.25) is 0 Å². The van der Waals surface area contributed by atoms with Gasteiger partial charge < -0.3 is 9.64 Å². The van der Waals surface area contributed by atoms with Crippen molar-refractivity contribution in [3.8, 4) is 12.1 Å². The summed E-state index contributed by atoms with van der Waals surface area (Å²) in [6.07, 6.45) is 3.52. The molecule has 1 fully saturated rings. The standard InChI is InChI=1S/C13H21N3O/c1-16(9-12(8-15)4-2-6-14)10-13-5-3-7-17-11-13/h12-13H,2-5,7,9-11H2,1H3/t12-,13+/m1/s1. The maximum Gasteiger partial charge on any atom is 0.0669 e. The van der Waals surface area contributed by atoms with Crippen molar-refractivity contribution in [3.05, 3.63) is 0 Å². The van der Waals surface area contributed by atoms with E-state index < -0.39 is 0 Å². The number of hydrogen-bond donors (Lipinski definition) is 0. The molecule has 1 aliphatic heterocycles. The summed E-state index contributed by atoms with van der Waals surface area (Å²) in [6, 6.07) is 4.38. The first-order chi connectivity index (χ1) is 8.26. The Morgan fingerprint density at radius 1 is 1.47 bits per heavy atom. The molecule has 1 aliphatic rings. The molecule has 0 spiro atoms. The lowest BCUT2D eigenvalue weighted by Gasteiger charge is -2.27. The lowest BCUT2D eigenvalue weighted by molar-refractivity contribution is 0.0409. The minimum Gasteiger partial charge on any atom is -0.381 e. The van der Waals surface area contributed by atoms with Gasteiger partial charge in [0.05, 0.1) is 24.7 Å². The maximum atomic E-state index is 9.00. The molecule has 0 aliphatic carbocycles. The quantitative estimate of drug-likeness (QED) is 0.704. The van der Waals surface area contributed by atoms with Crippen molar-refractivity contribution in [2.75, 3.05) is 33.4 Å². The van der Waals surface area contributed by atoms with E-state index in [9.17, 15) is 0 Å². The van der Waals surface area contributed by atoms with Crippen molar-refractivity contribution < 1.29 is 4.74 Å². The molecule has 0 bridgehead atoms. The van der Waals surface area contributed by atoms with E-state index in [0.717, 1.165) is 32.7 Å². The van der Waals surface area contributed by atoms with E-state index in [4.69, 9.17) is 15.3 Å². The molecule has 1 saturated heterocycles. The minimum absolute atomic E-state index is 0.0239. The van der Waals surface area contributed by atoms with Crippen LogP contribution in [-0.4, -0.2) is 38.3 Å². The van der Waals surface area contributed by atoms with Gasteiger partial charge >= 0.3 is 0 Å². The highest BCUT2D eigenvalue weighted by Gasteiger charge is 2.18. The van der Waals surface area contributed by atoms with Gasteiger partial charge in [0.15, 0.2) is 0 Å². The van der Waals surface area contributed by atoms with Crippen molar-refractivity contribution in [2.45, 2.75) is 25.7 Å². The molecule has 1 rings (SSSR count). The highest BCUT2D eigenvalue weighted by atomic mass is 16.5. The van der Waals surface area contributed by atoms with Gasteiger partial charge in [-0.1, -0.05) is 0 Å². The van der Waals surface area contributed by atoms with Crippen molar-refractivity contribution in [1.82, 2.24) is 4.90 Å². The Labute approximate surface area is 104 Å². The second-order valence-corrected chi connectivity index (χ2v) is 4.83. The third-order valence-electron chi connectivity index (χ3n) is 3.14. The Bertz CT molecular complexity index is 286. The number of nitrogens with zero attached hydrogens (tertiary/aromatic N) is 3. The van der Waals surface area contributed by atoms with Crippen LogP contribution in [0.3, 0.4) is 0 Å². The van der Waals surface area contributed by atoms with Crippen LogP contribution in [0.2, 0.25) is 0 Å². The summed E-state index contributed by atoms with van der Waals surface area (Å²) in [7, 11) is 2.05. The largest absolute Gasteiger partial charge is 0.381 e. The molecule has 94 valence electrons. The highest BCUT2D eigenvalue weighted by Crippen LogP contribution is 2.15. The molecule has 4 nitrogen and oxygen atoms in total. The van der Waals surface area contributed by atoms with Crippen molar-refractivity contribution in [2.24, 2.45) is 11.8 Å². The van der Waals surface area contributed by atoms with Gasteiger partial charge in [-0.25, -0.2) is 0 Å². The van der Waals surface area contributed by atoms with Crippen LogP contribution < -0.4 is 0 Å². The molecule has 0 saturated carbocycles. The molecule has 0 aromatic carbocycles. The Balaban J connectivity index is 2.24. The average Bonchev–Trinajstić information content (AvgIpc) is 2.35. The van der Waals surface area contributed by atoms with Crippen molar-refractivity contribution in [3.63, 3.8) is 0 Å². The fourth-order valence-corrected chi connectivity index (χ4v) is 2.28. The molecule has 0 N–H and O–H groups in total. The molecule has 2 atom stereocenters. The van der Waals surface area contributed by atoms with Crippen LogP contribution >= 0.6 is 0 Å². The van der Waals surface area contributed by atoms with E-state index >= 15 is 0 Å². The van der Waals surface area contributed by atoms with E-state index in [1.165, 1.54) is 6.42 Å². The van der Waals surface area contributed by atoms with Gasteiger partial charge in [0, 0.05) is 26.1 Å². The molecular formula is C13H21N3O. The van der Waals surface area contributed by atoms with Gasteiger partial charge in [-0.3, -0.25) is 0 Å². The molecular weight excluding hydrogens is 214 g/mol. The van der Waals surface area contributed by atoms with Crippen molar-refractivity contribution in [1.29, 1.82) is 10.5 Å². The monoisotopic (exact) mass is 235 g/mol. The predicted octanol–water partition coefficient (Wildman–Crippen LogP) is 1.79. The summed E-state index contributed by atoms with van der Waals surface area (Å²) in [5, 5.41) is 17.5. The van der Waals surface area contributed by atoms with Crippen LogP contribution in [0.15, 0.2) is 0 Å². The number of rotatable bonds is 6. The maximum absolute atomic E-state index is 9.00. The lowest BCUT2D eigenvalue weighted by atomic mass is 10.0. The molecule has 0 unspecified atom stereocenters. The number of hydrogen-bond acceptors (Lipinski definition) is 4. The highest BCUT2D eigenvalue weighted by molar-refractivity contribution is 4.87. The van der Waals surface area contributed by atoms with Gasteiger partial charge in [-0.15, -0.1) is 0 Å². The third kappa shape index (κ3) is 5.68. The van der Waals surface area contributed by atoms with E-state index in [1.54, 1.807) is 0 Å². The summed E-state index contributed by atoms with van der Waals surface area (Å²) >= 11 is 0. The van der Waals surface area contributed by atoms with Gasteiger partial charge in [-0.2, -0.15) is 10.5 Å². The van der Waals surface area contributed by atoms with Crippen molar-refractivity contribution >= 4 is 0 Å². The lowest BCUT2D eigenvalue weighted by Crippen LogP contribution is -2.33. The van der Waals surface area contributed by atoms with Crippen LogP contribution in [0.5, 0.6) is 0 Å². The molecule has 17 heavy (non-hydrogen) atoms. The zero-order chi connectivity index (χ0) is 12.5. The Morgan fingerprint density at radius 2 is 2.29 bits per heavy atom. The molecule has 0 aromatic heterocycles. The first kappa shape index (κ1) is 14.0. The van der Waals surface area contributed by atoms with E-state index in [0.29, 0.717) is 18.8 Å². The van der Waals surface area contributed by atoms with Crippen LogP contribution in [0.4, 0.5) is 0 Å². The Hall–Kier alpha value is -1.10. The van der Waals surface area contributed by atoms with Crippen LogP contribution in [0.25, 0.3) is 0 Å². The van der Waals surface area contributed by atoms with Crippen LogP contribution in [-0.2, 0) is 4.74 Å². The fourth-order valence-electron chi connectivity index (χ4n) is 2.28. The molecule has 0 aromatic rings. The van der Waals surface area contributed by atoms with E-state index in [1.807, 2.05) is 7.05 Å². The second kappa shape index (κ2) is 8.06. The zero-order valence-electron chi connectivity index (χ0n) is 10.6. The fraction of sp³-hybridized carbons (Fsp3) is 0.846. The zero-order valence-corrected chi connectivity index (χ0v) is 10.6. The topological polar surface area (TPSA) is 60.0 Å². The summed E-state index contributed by atoms with van der Waals surface area (Å²) < 4.78 is 5.44. The first-order valence-electron chi connectivity index (χ1n) is 6.29. The van der Waals surface area contributed by atoms with Gasteiger partial charge in [0.25, 0.3) is 0 Å². The smallest absolute Gasteiger partial charge is 0.0669 e. The summed E-state index contributed by atoms with van der Waals surface area (Å²) in [6.45, 7) is 3.49. The van der Waals surface area contributed by atoms with Crippen LogP contribution in [0.1, 0.15) is 25.7 Å². The molecule has 0 radical (unpaired) electrons. The summed E-state index contributed by atoms with van der Waals surface area (Å²) in [5.74, 6) is 0.577. The SMILES string of the molecule is CN(C[C@@H](C#N)CCC#N)C[C@@H]1CCCOC1. The van der Waals surface area contributed by atoms with Gasteiger partial charge in [-0.05, 0) is 32.2 Å². The molecule has 4 heteroatoms. The summed E-state index contributed by atoms with van der Waals surface area (Å²) in [4.78, 5) is 2.20. The molecule has 0 amide bonds. The third-order valence-corrected chi connectivity index (χ3v) is 3.14. The van der Waals surface area contributed by atoms with E-state index in [2.05, 4.69) is 17.0 Å². The normalized spacial score (nSPS) is 21.8. The van der Waals surface area contributed by atoms with E-state index in [-0.39, 0.29) is 5.92 Å². The minimum atomic E-state index is -0.0239. The van der Waals surface area contributed by atoms with Crippen LogP contribution in [0, 0.1) is 34.5 Å². The Kier molecular flexibility index (Phi) is 6.62. The number of nitriles is 2. The molecule has 1 heterocycles. The average molecular weight is 235 g/mol.